The van der Waals surface area contributed by atoms with E-state index in [9.17, 15) is 9.59 Å². The Morgan fingerprint density at radius 3 is 2.68 bits per heavy atom. The lowest BCUT2D eigenvalue weighted by Crippen LogP contribution is -2.59. The molecule has 0 bridgehead atoms. The zero-order chi connectivity index (χ0) is 17.4. The van der Waals surface area contributed by atoms with Crippen molar-refractivity contribution in [2.24, 2.45) is 0 Å². The Kier molecular flexibility index (Phi) is 4.09. The van der Waals surface area contributed by atoms with E-state index in [1.807, 2.05) is 30.3 Å². The van der Waals surface area contributed by atoms with Crippen LogP contribution in [0.2, 0.25) is 5.02 Å². The number of nitrogens with zero attached hydrogens (tertiary/aromatic N) is 2. The molecule has 1 unspecified atom stereocenters. The van der Waals surface area contributed by atoms with Crippen LogP contribution in [-0.2, 0) is 0 Å². The van der Waals surface area contributed by atoms with Crippen molar-refractivity contribution in [1.82, 2.24) is 4.90 Å². The Morgan fingerprint density at radius 2 is 1.84 bits per heavy atom. The topological polar surface area (TPSA) is 52.7 Å². The number of fused-ring (bicyclic) bond motifs is 2. The third kappa shape index (κ3) is 2.74. The molecule has 1 N–H and O–H groups in total. The number of urea groups is 1. The Morgan fingerprint density at radius 1 is 1.08 bits per heavy atom. The molecule has 0 aromatic heterocycles. The van der Waals surface area contributed by atoms with Crippen molar-refractivity contribution in [2.45, 2.75) is 25.4 Å². The molecule has 2 aromatic rings. The first-order valence-electron chi connectivity index (χ1n) is 8.41. The number of rotatable bonds is 1. The van der Waals surface area contributed by atoms with Crippen molar-refractivity contribution in [3.63, 3.8) is 0 Å². The smallest absolute Gasteiger partial charge is 0.318 e. The van der Waals surface area contributed by atoms with Crippen molar-refractivity contribution < 1.29 is 9.59 Å². The monoisotopic (exact) mass is 355 g/mol. The minimum atomic E-state index is -0.273. The van der Waals surface area contributed by atoms with E-state index in [2.05, 4.69) is 5.32 Å². The average Bonchev–Trinajstić information content (AvgIpc) is 2.64. The van der Waals surface area contributed by atoms with Crippen molar-refractivity contribution >= 4 is 34.9 Å². The molecule has 1 fully saturated rings. The lowest BCUT2D eigenvalue weighted by atomic mass is 9.99. The number of hydrogen-bond donors (Lipinski definition) is 1. The largest absolute Gasteiger partial charge is 0.328 e. The summed E-state index contributed by atoms with van der Waals surface area (Å²) < 4.78 is 0. The molecule has 4 rings (SSSR count). The van der Waals surface area contributed by atoms with Crippen LogP contribution in [0.4, 0.5) is 16.2 Å². The highest BCUT2D eigenvalue weighted by Crippen LogP contribution is 2.36. The molecule has 0 radical (unpaired) electrons. The van der Waals surface area contributed by atoms with Gasteiger partial charge in [0, 0.05) is 6.54 Å². The molecule has 2 aliphatic rings. The van der Waals surface area contributed by atoms with Gasteiger partial charge in [0.15, 0.2) is 0 Å². The third-order valence-electron chi connectivity index (χ3n) is 4.76. The molecule has 25 heavy (non-hydrogen) atoms. The van der Waals surface area contributed by atoms with E-state index in [0.717, 1.165) is 19.3 Å². The molecular weight excluding hydrogens is 338 g/mol. The van der Waals surface area contributed by atoms with Gasteiger partial charge in [0.2, 0.25) is 0 Å². The first-order valence-corrected chi connectivity index (χ1v) is 8.79. The Bertz CT molecular complexity index is 839. The van der Waals surface area contributed by atoms with Gasteiger partial charge >= 0.3 is 6.03 Å². The third-order valence-corrected chi connectivity index (χ3v) is 5.09. The molecule has 128 valence electrons. The van der Waals surface area contributed by atoms with Gasteiger partial charge in [-0.05, 0) is 43.5 Å². The average molecular weight is 356 g/mol. The molecule has 1 atom stereocenters. The van der Waals surface area contributed by atoms with Crippen LogP contribution in [0.3, 0.4) is 0 Å². The summed E-state index contributed by atoms with van der Waals surface area (Å²) >= 11 is 6.17. The second-order valence-electron chi connectivity index (χ2n) is 6.27. The molecule has 0 saturated carbocycles. The highest BCUT2D eigenvalue weighted by molar-refractivity contribution is 6.33. The maximum atomic E-state index is 13.1. The Balaban J connectivity index is 1.73. The number of para-hydroxylation sites is 2. The summed E-state index contributed by atoms with van der Waals surface area (Å²) in [5, 5.41) is 3.37. The van der Waals surface area contributed by atoms with Crippen molar-refractivity contribution in [2.75, 3.05) is 16.8 Å². The number of halogens is 1. The van der Waals surface area contributed by atoms with Crippen LogP contribution >= 0.6 is 11.6 Å². The maximum Gasteiger partial charge on any atom is 0.328 e. The summed E-state index contributed by atoms with van der Waals surface area (Å²) in [5.74, 6) is 0.00194. The molecule has 6 heteroatoms. The van der Waals surface area contributed by atoms with Crippen LogP contribution in [0.5, 0.6) is 0 Å². The molecular formula is C19H18ClN3O2. The number of benzene rings is 2. The van der Waals surface area contributed by atoms with Gasteiger partial charge in [-0.2, -0.15) is 0 Å². The molecule has 2 aromatic carbocycles. The fourth-order valence-corrected chi connectivity index (χ4v) is 3.76. The second-order valence-corrected chi connectivity index (χ2v) is 6.68. The van der Waals surface area contributed by atoms with E-state index in [1.54, 1.807) is 28.0 Å². The van der Waals surface area contributed by atoms with Crippen molar-refractivity contribution in [3.05, 3.63) is 59.1 Å². The summed E-state index contributed by atoms with van der Waals surface area (Å²) in [4.78, 5) is 29.3. The standard InChI is InChI=1S/C19H18ClN3O2/c20-14-8-2-3-9-15(14)21-19(25)23-16-10-4-1-7-13(16)18(24)22-12-6-5-11-17(22)23/h1-4,7-10,17H,5-6,11-12H2,(H,21,25). The fraction of sp³-hybridized carbons (Fsp3) is 0.263. The Hall–Kier alpha value is -2.53. The number of hydrogen-bond acceptors (Lipinski definition) is 2. The lowest BCUT2D eigenvalue weighted by Gasteiger charge is -2.46. The minimum absolute atomic E-state index is 0.00194. The number of amides is 3. The summed E-state index contributed by atoms with van der Waals surface area (Å²) in [6, 6.07) is 14.1. The molecule has 2 heterocycles. The predicted octanol–water partition coefficient (Wildman–Crippen LogP) is 4.34. The van der Waals surface area contributed by atoms with Gasteiger partial charge in [-0.15, -0.1) is 0 Å². The normalized spacial score (nSPS) is 19.2. The number of carbonyl (C=O) groups is 2. The van der Waals surface area contributed by atoms with E-state index in [4.69, 9.17) is 11.6 Å². The maximum absolute atomic E-state index is 13.1. The van der Waals surface area contributed by atoms with Gasteiger partial charge in [0.05, 0.1) is 22.0 Å². The van der Waals surface area contributed by atoms with Crippen LogP contribution < -0.4 is 10.2 Å². The predicted molar refractivity (Wildman–Crippen MR) is 98.1 cm³/mol. The van der Waals surface area contributed by atoms with Crippen molar-refractivity contribution in [3.8, 4) is 0 Å². The van der Waals surface area contributed by atoms with E-state index in [-0.39, 0.29) is 18.1 Å². The Labute approximate surface area is 151 Å². The highest BCUT2D eigenvalue weighted by Gasteiger charge is 2.41. The zero-order valence-corrected chi connectivity index (χ0v) is 14.4. The number of piperidine rings is 1. The highest BCUT2D eigenvalue weighted by atomic mass is 35.5. The molecule has 0 aliphatic carbocycles. The van der Waals surface area contributed by atoms with Crippen LogP contribution in [0.25, 0.3) is 0 Å². The van der Waals surface area contributed by atoms with E-state index < -0.39 is 0 Å². The van der Waals surface area contributed by atoms with Crippen molar-refractivity contribution in [1.29, 1.82) is 0 Å². The zero-order valence-electron chi connectivity index (χ0n) is 13.6. The minimum Gasteiger partial charge on any atom is -0.318 e. The SMILES string of the molecule is O=C1c2ccccc2N(C(=O)Nc2ccccc2Cl)C2CCCCN12. The molecule has 1 saturated heterocycles. The summed E-state index contributed by atoms with van der Waals surface area (Å²) in [7, 11) is 0. The van der Waals surface area contributed by atoms with Gasteiger partial charge in [0.1, 0.15) is 6.17 Å². The molecule has 0 spiro atoms. The van der Waals surface area contributed by atoms with Gasteiger partial charge in [-0.1, -0.05) is 35.9 Å². The van der Waals surface area contributed by atoms with Crippen LogP contribution in [0.15, 0.2) is 48.5 Å². The second kappa shape index (κ2) is 6.41. The van der Waals surface area contributed by atoms with E-state index in [1.165, 1.54) is 0 Å². The van der Waals surface area contributed by atoms with Gasteiger partial charge in [-0.25, -0.2) is 4.79 Å². The van der Waals surface area contributed by atoms with Crippen LogP contribution in [0, 0.1) is 0 Å². The summed E-state index contributed by atoms with van der Waals surface area (Å²) in [6.07, 6.45) is 2.48. The molecule has 3 amide bonds. The van der Waals surface area contributed by atoms with E-state index in [0.29, 0.717) is 28.5 Å². The van der Waals surface area contributed by atoms with Crippen LogP contribution in [0.1, 0.15) is 29.6 Å². The lowest BCUT2D eigenvalue weighted by molar-refractivity contribution is 0.0595. The number of anilines is 2. The first kappa shape index (κ1) is 16.0. The van der Waals surface area contributed by atoms with E-state index >= 15 is 0 Å². The quantitative estimate of drug-likeness (QED) is 0.827. The van der Waals surface area contributed by atoms with Gasteiger partial charge < -0.3 is 10.2 Å². The van der Waals surface area contributed by atoms with Gasteiger partial charge in [0.25, 0.3) is 5.91 Å². The fourth-order valence-electron chi connectivity index (χ4n) is 3.58. The number of carbonyl (C=O) groups excluding carboxylic acids is 2. The molecule has 5 nitrogen and oxygen atoms in total. The number of nitrogens with one attached hydrogen (secondary N) is 1. The molecule has 2 aliphatic heterocycles. The summed E-state index contributed by atoms with van der Waals surface area (Å²) in [6.45, 7) is 0.674. The van der Waals surface area contributed by atoms with Crippen LogP contribution in [-0.4, -0.2) is 29.5 Å². The van der Waals surface area contributed by atoms with Gasteiger partial charge in [-0.3, -0.25) is 9.69 Å². The first-order chi connectivity index (χ1) is 12.2. The summed E-state index contributed by atoms with van der Waals surface area (Å²) in [5.41, 5.74) is 1.78.